The number of anilines is 2. The molecule has 0 atom stereocenters. The van der Waals surface area contributed by atoms with Crippen LogP contribution in [0.3, 0.4) is 0 Å². The smallest absolute Gasteiger partial charge is 0.411 e. The van der Waals surface area contributed by atoms with Crippen LogP contribution in [0, 0.1) is 0 Å². The Bertz CT molecular complexity index is 347. The molecular weight excluding hydrogens is 216 g/mol. The van der Waals surface area contributed by atoms with Gasteiger partial charge in [0.05, 0.1) is 6.61 Å². The van der Waals surface area contributed by atoms with Crippen LogP contribution in [0.15, 0.2) is 24.3 Å². The minimum atomic E-state index is -0.393. The van der Waals surface area contributed by atoms with Crippen LogP contribution in [0.4, 0.5) is 16.2 Å². The number of ether oxygens (including phenoxy) is 1. The second-order valence-electron chi connectivity index (χ2n) is 4.06. The highest BCUT2D eigenvalue weighted by Crippen LogP contribution is 2.15. The number of amides is 1. The van der Waals surface area contributed by atoms with E-state index >= 15 is 0 Å². The average Bonchev–Trinajstić information content (AvgIpc) is 2.30. The third kappa shape index (κ3) is 4.76. The molecule has 17 heavy (non-hydrogen) atoms. The van der Waals surface area contributed by atoms with Crippen LogP contribution in [0.25, 0.3) is 0 Å². The maximum Gasteiger partial charge on any atom is 0.411 e. The molecule has 1 aromatic rings. The van der Waals surface area contributed by atoms with Gasteiger partial charge >= 0.3 is 6.09 Å². The second-order valence-corrected chi connectivity index (χ2v) is 4.06. The lowest BCUT2D eigenvalue weighted by atomic mass is 10.2. The summed E-state index contributed by atoms with van der Waals surface area (Å²) in [6.45, 7) is 2.53. The summed E-state index contributed by atoms with van der Waals surface area (Å²) in [5.41, 5.74) is 1.84. The SMILES string of the molecule is CCCCOC(=O)Nc1ccc(N(C)C)cc1. The zero-order chi connectivity index (χ0) is 12.7. The lowest BCUT2D eigenvalue weighted by Crippen LogP contribution is -2.14. The number of carbonyl (C=O) groups excluding carboxylic acids is 1. The first kappa shape index (κ1) is 13.4. The Morgan fingerprint density at radius 1 is 1.29 bits per heavy atom. The standard InChI is InChI=1S/C13H20N2O2/c1-4-5-10-17-13(16)14-11-6-8-12(9-7-11)15(2)3/h6-9H,4-5,10H2,1-3H3,(H,14,16). The summed E-state index contributed by atoms with van der Waals surface area (Å²) in [6.07, 6.45) is 1.52. The average molecular weight is 236 g/mol. The highest BCUT2D eigenvalue weighted by Gasteiger charge is 2.02. The van der Waals surface area contributed by atoms with Crippen LogP contribution in [0.2, 0.25) is 0 Å². The number of benzene rings is 1. The topological polar surface area (TPSA) is 41.6 Å². The maximum absolute atomic E-state index is 11.4. The third-order valence-electron chi connectivity index (χ3n) is 2.36. The lowest BCUT2D eigenvalue weighted by Gasteiger charge is -2.13. The molecule has 0 bridgehead atoms. The Kier molecular flexibility index (Phi) is 5.33. The molecule has 0 saturated heterocycles. The van der Waals surface area contributed by atoms with E-state index in [2.05, 4.69) is 12.2 Å². The van der Waals surface area contributed by atoms with Crippen LogP contribution in [-0.4, -0.2) is 26.8 Å². The molecule has 0 radical (unpaired) electrons. The first-order valence-corrected chi connectivity index (χ1v) is 5.84. The Morgan fingerprint density at radius 2 is 1.94 bits per heavy atom. The molecule has 0 aliphatic carbocycles. The third-order valence-corrected chi connectivity index (χ3v) is 2.36. The summed E-state index contributed by atoms with van der Waals surface area (Å²) < 4.78 is 5.00. The van der Waals surface area contributed by atoms with Gasteiger partial charge < -0.3 is 9.64 Å². The van der Waals surface area contributed by atoms with E-state index in [9.17, 15) is 4.79 Å². The van der Waals surface area contributed by atoms with Crippen molar-refractivity contribution in [2.75, 3.05) is 30.9 Å². The fourth-order valence-corrected chi connectivity index (χ4v) is 1.31. The van der Waals surface area contributed by atoms with Gasteiger partial charge in [-0.25, -0.2) is 4.79 Å². The number of nitrogens with zero attached hydrogens (tertiary/aromatic N) is 1. The van der Waals surface area contributed by atoms with Crippen LogP contribution >= 0.6 is 0 Å². The molecular formula is C13H20N2O2. The highest BCUT2D eigenvalue weighted by molar-refractivity contribution is 5.84. The van der Waals surface area contributed by atoms with Gasteiger partial charge in [0.1, 0.15) is 0 Å². The molecule has 1 amide bonds. The molecule has 0 unspecified atom stereocenters. The van der Waals surface area contributed by atoms with E-state index < -0.39 is 6.09 Å². The van der Waals surface area contributed by atoms with E-state index in [1.54, 1.807) is 0 Å². The van der Waals surface area contributed by atoms with E-state index in [0.717, 1.165) is 24.2 Å². The molecule has 0 aliphatic rings. The molecule has 0 saturated carbocycles. The summed E-state index contributed by atoms with van der Waals surface area (Å²) in [4.78, 5) is 13.4. The Hall–Kier alpha value is -1.71. The normalized spacial score (nSPS) is 9.82. The minimum absolute atomic E-state index is 0.393. The number of unbranched alkanes of at least 4 members (excludes halogenated alkanes) is 1. The van der Waals surface area contributed by atoms with Crippen LogP contribution < -0.4 is 10.2 Å². The van der Waals surface area contributed by atoms with Crippen molar-refractivity contribution >= 4 is 17.5 Å². The second kappa shape index (κ2) is 6.78. The quantitative estimate of drug-likeness (QED) is 0.799. The van der Waals surface area contributed by atoms with Gasteiger partial charge in [0, 0.05) is 25.5 Å². The molecule has 0 aromatic heterocycles. The number of carbonyl (C=O) groups is 1. The van der Waals surface area contributed by atoms with Crippen LogP contribution in [0.1, 0.15) is 19.8 Å². The highest BCUT2D eigenvalue weighted by atomic mass is 16.5. The predicted molar refractivity (Wildman–Crippen MR) is 70.6 cm³/mol. The molecule has 0 fully saturated rings. The molecule has 1 aromatic carbocycles. The van der Waals surface area contributed by atoms with Gasteiger partial charge in [0.25, 0.3) is 0 Å². The zero-order valence-electron chi connectivity index (χ0n) is 10.7. The molecule has 1 rings (SSSR count). The van der Waals surface area contributed by atoms with E-state index in [4.69, 9.17) is 4.74 Å². The Balaban J connectivity index is 2.43. The molecule has 4 heteroatoms. The molecule has 4 nitrogen and oxygen atoms in total. The first-order chi connectivity index (χ1) is 8.13. The van der Waals surface area contributed by atoms with E-state index in [1.165, 1.54) is 0 Å². The number of rotatable bonds is 5. The summed E-state index contributed by atoms with van der Waals surface area (Å²) in [5, 5.41) is 2.69. The van der Waals surface area contributed by atoms with Crippen molar-refractivity contribution in [1.29, 1.82) is 0 Å². The molecule has 0 heterocycles. The van der Waals surface area contributed by atoms with Crippen LogP contribution in [-0.2, 0) is 4.74 Å². The van der Waals surface area contributed by atoms with Gasteiger partial charge in [-0.2, -0.15) is 0 Å². The fraction of sp³-hybridized carbons (Fsp3) is 0.462. The largest absolute Gasteiger partial charge is 0.449 e. The van der Waals surface area contributed by atoms with Crippen molar-refractivity contribution in [2.45, 2.75) is 19.8 Å². The molecule has 1 N–H and O–H groups in total. The summed E-state index contributed by atoms with van der Waals surface area (Å²) in [5.74, 6) is 0. The number of hydrogen-bond acceptors (Lipinski definition) is 3. The number of nitrogens with one attached hydrogen (secondary N) is 1. The predicted octanol–water partition coefficient (Wildman–Crippen LogP) is 3.10. The number of hydrogen-bond donors (Lipinski definition) is 1. The van der Waals surface area contributed by atoms with Crippen molar-refractivity contribution in [1.82, 2.24) is 0 Å². The van der Waals surface area contributed by atoms with Crippen molar-refractivity contribution in [3.63, 3.8) is 0 Å². The van der Waals surface area contributed by atoms with Crippen LogP contribution in [0.5, 0.6) is 0 Å². The minimum Gasteiger partial charge on any atom is -0.449 e. The van der Waals surface area contributed by atoms with Gasteiger partial charge in [-0.05, 0) is 30.7 Å². The zero-order valence-corrected chi connectivity index (χ0v) is 10.7. The summed E-state index contributed by atoms with van der Waals surface area (Å²) >= 11 is 0. The van der Waals surface area contributed by atoms with Gasteiger partial charge in [-0.3, -0.25) is 5.32 Å². The van der Waals surface area contributed by atoms with E-state index in [-0.39, 0.29) is 0 Å². The maximum atomic E-state index is 11.4. The van der Waals surface area contributed by atoms with Crippen molar-refractivity contribution in [3.8, 4) is 0 Å². The van der Waals surface area contributed by atoms with E-state index in [0.29, 0.717) is 6.61 Å². The monoisotopic (exact) mass is 236 g/mol. The van der Waals surface area contributed by atoms with Crippen molar-refractivity contribution < 1.29 is 9.53 Å². The van der Waals surface area contributed by atoms with Crippen molar-refractivity contribution in [3.05, 3.63) is 24.3 Å². The van der Waals surface area contributed by atoms with Crippen molar-refractivity contribution in [2.24, 2.45) is 0 Å². The van der Waals surface area contributed by atoms with Gasteiger partial charge in [-0.15, -0.1) is 0 Å². The first-order valence-electron chi connectivity index (χ1n) is 5.84. The molecule has 94 valence electrons. The molecule has 0 aliphatic heterocycles. The Morgan fingerprint density at radius 3 is 2.47 bits per heavy atom. The van der Waals surface area contributed by atoms with E-state index in [1.807, 2.05) is 43.3 Å². The van der Waals surface area contributed by atoms with Gasteiger partial charge in [0.2, 0.25) is 0 Å². The van der Waals surface area contributed by atoms with Gasteiger partial charge in [-0.1, -0.05) is 13.3 Å². The molecule has 0 spiro atoms. The lowest BCUT2D eigenvalue weighted by molar-refractivity contribution is 0.160. The fourth-order valence-electron chi connectivity index (χ4n) is 1.31. The summed E-state index contributed by atoms with van der Waals surface area (Å²) in [6, 6.07) is 7.61. The van der Waals surface area contributed by atoms with Gasteiger partial charge in [0.15, 0.2) is 0 Å². The Labute approximate surface area is 103 Å². The summed E-state index contributed by atoms with van der Waals surface area (Å²) in [7, 11) is 3.95.